The molecule has 0 unspecified atom stereocenters. The molecular formula is C13H18N2O3. The minimum absolute atomic E-state index is 0.0859. The van der Waals surface area contributed by atoms with Crippen molar-refractivity contribution in [2.45, 2.75) is 26.1 Å². The average molecular weight is 250 g/mol. The van der Waals surface area contributed by atoms with Gasteiger partial charge in [0.1, 0.15) is 5.69 Å². The molecule has 1 aliphatic heterocycles. The highest BCUT2D eigenvalue weighted by Crippen LogP contribution is 2.18. The van der Waals surface area contributed by atoms with Crippen LogP contribution in [0.2, 0.25) is 0 Å². The highest BCUT2D eigenvalue weighted by atomic mass is 16.5. The quantitative estimate of drug-likeness (QED) is 0.844. The van der Waals surface area contributed by atoms with Crippen molar-refractivity contribution in [3.8, 4) is 0 Å². The predicted octanol–water partition coefficient (Wildman–Crippen LogP) is 0.825. The molecule has 0 saturated carbocycles. The molecule has 5 heteroatoms. The molecule has 2 heterocycles. The Morgan fingerprint density at radius 2 is 2.39 bits per heavy atom. The predicted molar refractivity (Wildman–Crippen MR) is 66.1 cm³/mol. The number of aromatic nitrogens is 1. The van der Waals surface area contributed by atoms with Gasteiger partial charge in [0.05, 0.1) is 18.8 Å². The number of carbonyl (C=O) groups excluding carboxylic acids is 1. The molecule has 2 rings (SSSR count). The zero-order valence-electron chi connectivity index (χ0n) is 10.7. The van der Waals surface area contributed by atoms with Crippen molar-refractivity contribution in [2.24, 2.45) is 0 Å². The first-order valence-electron chi connectivity index (χ1n) is 6.01. The fourth-order valence-electron chi connectivity index (χ4n) is 2.04. The van der Waals surface area contributed by atoms with Crippen molar-refractivity contribution < 1.29 is 14.6 Å². The number of ether oxygens (including phenoxy) is 1. The smallest absolute Gasteiger partial charge is 0.272 e. The number of hydrogen-bond donors (Lipinski definition) is 1. The molecule has 0 bridgehead atoms. The summed E-state index contributed by atoms with van der Waals surface area (Å²) >= 11 is 0. The Kier molecular flexibility index (Phi) is 3.63. The number of hydrogen-bond acceptors (Lipinski definition) is 4. The van der Waals surface area contributed by atoms with E-state index in [-0.39, 0.29) is 18.1 Å². The van der Waals surface area contributed by atoms with Crippen molar-refractivity contribution in [3.05, 3.63) is 29.6 Å². The maximum atomic E-state index is 12.3. The van der Waals surface area contributed by atoms with Gasteiger partial charge in [-0.25, -0.2) is 0 Å². The third kappa shape index (κ3) is 2.86. The molecule has 1 aromatic rings. The molecule has 98 valence electrons. The van der Waals surface area contributed by atoms with E-state index in [2.05, 4.69) is 4.98 Å². The maximum absolute atomic E-state index is 12.3. The lowest BCUT2D eigenvalue weighted by Gasteiger charge is -2.38. The van der Waals surface area contributed by atoms with Crippen LogP contribution < -0.4 is 0 Å². The summed E-state index contributed by atoms with van der Waals surface area (Å²) in [6.45, 7) is 5.51. The molecule has 1 N–H and O–H groups in total. The lowest BCUT2D eigenvalue weighted by molar-refractivity contribution is -0.0765. The monoisotopic (exact) mass is 250 g/mol. The first kappa shape index (κ1) is 13.0. The zero-order chi connectivity index (χ0) is 13.2. The number of amides is 1. The number of morpholine rings is 1. The number of carbonyl (C=O) groups is 1. The van der Waals surface area contributed by atoms with Gasteiger partial charge in [0.15, 0.2) is 0 Å². The Hall–Kier alpha value is -1.46. The van der Waals surface area contributed by atoms with Crippen molar-refractivity contribution in [1.29, 1.82) is 0 Å². The molecule has 5 nitrogen and oxygen atoms in total. The standard InChI is InChI=1S/C13H18N2O3/c1-13(2)9-15(5-6-18-13)12(17)11-7-10(8-16)3-4-14-11/h3-4,7,16H,5-6,8-9H2,1-2H3. The van der Waals surface area contributed by atoms with Gasteiger partial charge in [0, 0.05) is 19.3 Å². The largest absolute Gasteiger partial charge is 0.392 e. The van der Waals surface area contributed by atoms with Crippen LogP contribution in [0.25, 0.3) is 0 Å². The molecule has 1 fully saturated rings. The van der Waals surface area contributed by atoms with Crippen molar-refractivity contribution >= 4 is 5.91 Å². The van der Waals surface area contributed by atoms with Crippen LogP contribution in [0, 0.1) is 0 Å². The summed E-state index contributed by atoms with van der Waals surface area (Å²) in [7, 11) is 0. The topological polar surface area (TPSA) is 62.7 Å². The lowest BCUT2D eigenvalue weighted by Crippen LogP contribution is -2.50. The fraction of sp³-hybridized carbons (Fsp3) is 0.538. The summed E-state index contributed by atoms with van der Waals surface area (Å²) < 4.78 is 5.57. The molecule has 1 aliphatic rings. The summed E-state index contributed by atoms with van der Waals surface area (Å²) in [5.41, 5.74) is 0.753. The summed E-state index contributed by atoms with van der Waals surface area (Å²) in [5.74, 6) is -0.110. The number of rotatable bonds is 2. The lowest BCUT2D eigenvalue weighted by atomic mass is 10.1. The van der Waals surface area contributed by atoms with Crippen LogP contribution in [0.5, 0.6) is 0 Å². The van der Waals surface area contributed by atoms with E-state index in [9.17, 15) is 4.79 Å². The van der Waals surface area contributed by atoms with Gasteiger partial charge in [-0.15, -0.1) is 0 Å². The van der Waals surface area contributed by atoms with Crippen LogP contribution in [0.1, 0.15) is 29.9 Å². The summed E-state index contributed by atoms with van der Waals surface area (Å²) in [5, 5.41) is 9.06. The van der Waals surface area contributed by atoms with Gasteiger partial charge >= 0.3 is 0 Å². The van der Waals surface area contributed by atoms with E-state index in [1.54, 1.807) is 23.2 Å². The van der Waals surface area contributed by atoms with Gasteiger partial charge in [0.25, 0.3) is 5.91 Å². The molecule has 1 amide bonds. The highest BCUT2D eigenvalue weighted by molar-refractivity contribution is 5.92. The van der Waals surface area contributed by atoms with Crippen LogP contribution in [-0.4, -0.2) is 46.2 Å². The molecule has 0 aromatic carbocycles. The molecular weight excluding hydrogens is 232 g/mol. The number of aliphatic hydroxyl groups excluding tert-OH is 1. The number of nitrogens with zero attached hydrogens (tertiary/aromatic N) is 2. The molecule has 0 aliphatic carbocycles. The van der Waals surface area contributed by atoms with Crippen LogP contribution in [0.4, 0.5) is 0 Å². The molecule has 1 aromatic heterocycles. The van der Waals surface area contributed by atoms with Crippen LogP contribution >= 0.6 is 0 Å². The normalized spacial score (nSPS) is 18.7. The highest BCUT2D eigenvalue weighted by Gasteiger charge is 2.30. The second-order valence-corrected chi connectivity index (χ2v) is 5.04. The Bertz CT molecular complexity index is 446. The average Bonchev–Trinajstić information content (AvgIpc) is 2.37. The zero-order valence-corrected chi connectivity index (χ0v) is 10.7. The maximum Gasteiger partial charge on any atom is 0.272 e. The summed E-state index contributed by atoms with van der Waals surface area (Å²) in [4.78, 5) is 18.1. The second-order valence-electron chi connectivity index (χ2n) is 5.04. The molecule has 0 radical (unpaired) electrons. The van der Waals surface area contributed by atoms with Gasteiger partial charge < -0.3 is 14.7 Å². The van der Waals surface area contributed by atoms with Gasteiger partial charge in [-0.2, -0.15) is 0 Å². The van der Waals surface area contributed by atoms with Gasteiger partial charge in [-0.3, -0.25) is 9.78 Å². The van der Waals surface area contributed by atoms with E-state index in [0.29, 0.717) is 31.0 Å². The van der Waals surface area contributed by atoms with Crippen molar-refractivity contribution in [3.63, 3.8) is 0 Å². The first-order chi connectivity index (χ1) is 8.52. The minimum Gasteiger partial charge on any atom is -0.392 e. The summed E-state index contributed by atoms with van der Waals surface area (Å²) in [6.07, 6.45) is 1.55. The van der Waals surface area contributed by atoms with Crippen LogP contribution in [0.15, 0.2) is 18.3 Å². The number of aliphatic hydroxyl groups is 1. The summed E-state index contributed by atoms with van der Waals surface area (Å²) in [6, 6.07) is 3.32. The van der Waals surface area contributed by atoms with Gasteiger partial charge in [0.2, 0.25) is 0 Å². The number of pyridine rings is 1. The Labute approximate surface area is 106 Å². The van der Waals surface area contributed by atoms with Crippen LogP contribution in [0.3, 0.4) is 0 Å². The SMILES string of the molecule is CC1(C)CN(C(=O)c2cc(CO)ccn2)CCO1. The van der Waals surface area contributed by atoms with E-state index < -0.39 is 0 Å². The van der Waals surface area contributed by atoms with Crippen molar-refractivity contribution in [1.82, 2.24) is 9.88 Å². The van der Waals surface area contributed by atoms with Gasteiger partial charge in [-0.1, -0.05) is 0 Å². The second kappa shape index (κ2) is 5.04. The van der Waals surface area contributed by atoms with Gasteiger partial charge in [-0.05, 0) is 31.5 Å². The molecule has 18 heavy (non-hydrogen) atoms. The molecule has 1 saturated heterocycles. The third-order valence-corrected chi connectivity index (χ3v) is 2.94. The fourth-order valence-corrected chi connectivity index (χ4v) is 2.04. The van der Waals surface area contributed by atoms with E-state index in [0.717, 1.165) is 0 Å². The van der Waals surface area contributed by atoms with E-state index >= 15 is 0 Å². The Morgan fingerprint density at radius 3 is 3.06 bits per heavy atom. The van der Waals surface area contributed by atoms with Crippen molar-refractivity contribution in [2.75, 3.05) is 19.7 Å². The van der Waals surface area contributed by atoms with E-state index in [1.165, 1.54) is 0 Å². The molecule has 0 spiro atoms. The van der Waals surface area contributed by atoms with E-state index in [4.69, 9.17) is 9.84 Å². The first-order valence-corrected chi connectivity index (χ1v) is 6.01. The minimum atomic E-state index is -0.317. The Balaban J connectivity index is 2.15. The van der Waals surface area contributed by atoms with E-state index in [1.807, 2.05) is 13.8 Å². The Morgan fingerprint density at radius 1 is 1.61 bits per heavy atom. The van der Waals surface area contributed by atoms with Crippen LogP contribution in [-0.2, 0) is 11.3 Å². The molecule has 0 atom stereocenters. The third-order valence-electron chi connectivity index (χ3n) is 2.94.